The van der Waals surface area contributed by atoms with Gasteiger partial charge < -0.3 is 5.32 Å². The second kappa shape index (κ2) is 7.09. The maximum absolute atomic E-state index is 12.5. The fourth-order valence-corrected chi connectivity index (χ4v) is 2.29. The first-order chi connectivity index (χ1) is 12.5. The van der Waals surface area contributed by atoms with Gasteiger partial charge in [0.25, 0.3) is 11.6 Å². The lowest BCUT2D eigenvalue weighted by Gasteiger charge is -2.12. The number of hydrogen-bond donors (Lipinski definition) is 1. The zero-order chi connectivity index (χ0) is 18.7. The van der Waals surface area contributed by atoms with Crippen molar-refractivity contribution in [3.63, 3.8) is 0 Å². The summed E-state index contributed by atoms with van der Waals surface area (Å²) in [7, 11) is 0. The van der Waals surface area contributed by atoms with Crippen LogP contribution in [0.15, 0.2) is 48.5 Å². The summed E-state index contributed by atoms with van der Waals surface area (Å²) in [5.41, 5.74) is 1.79. The van der Waals surface area contributed by atoms with Crippen LogP contribution in [0, 0.1) is 17.0 Å². The summed E-state index contributed by atoms with van der Waals surface area (Å²) in [5, 5.41) is 25.7. The number of nitrogens with zero attached hydrogens (tertiary/aromatic N) is 5. The average Bonchev–Trinajstić information content (AvgIpc) is 3.13. The summed E-state index contributed by atoms with van der Waals surface area (Å²) in [6, 6.07) is 12.8. The molecule has 1 N–H and O–H groups in total. The number of aromatic nitrogens is 4. The Morgan fingerprint density at radius 3 is 2.65 bits per heavy atom. The molecule has 0 unspecified atom stereocenters. The zero-order valence-corrected chi connectivity index (χ0v) is 14.2. The summed E-state index contributed by atoms with van der Waals surface area (Å²) in [5.74, 6) is 0.0161. The molecular formula is C17H16N6O3. The van der Waals surface area contributed by atoms with Gasteiger partial charge in [0.15, 0.2) is 0 Å². The second-order valence-corrected chi connectivity index (χ2v) is 5.72. The number of non-ortho nitro benzene ring substituents is 1. The fraction of sp³-hybridized carbons (Fsp3) is 0.176. The van der Waals surface area contributed by atoms with Crippen LogP contribution < -0.4 is 5.32 Å². The number of nitro benzene ring substituents is 1. The van der Waals surface area contributed by atoms with E-state index in [1.807, 2.05) is 30.3 Å². The van der Waals surface area contributed by atoms with Gasteiger partial charge in [-0.2, -0.15) is 4.80 Å². The van der Waals surface area contributed by atoms with Crippen molar-refractivity contribution in [2.24, 2.45) is 0 Å². The van der Waals surface area contributed by atoms with Crippen molar-refractivity contribution in [1.29, 1.82) is 0 Å². The summed E-state index contributed by atoms with van der Waals surface area (Å²) in [6.07, 6.45) is 0. The molecule has 9 heteroatoms. The van der Waals surface area contributed by atoms with Crippen LogP contribution in [-0.4, -0.2) is 31.0 Å². The van der Waals surface area contributed by atoms with E-state index in [2.05, 4.69) is 20.7 Å². The number of carbonyl (C=O) groups is 1. The minimum atomic E-state index is -0.737. The molecule has 2 aromatic carbocycles. The number of aryl methyl sites for hydroxylation is 1. The van der Waals surface area contributed by atoms with Gasteiger partial charge in [0.2, 0.25) is 5.82 Å². The van der Waals surface area contributed by atoms with Crippen LogP contribution in [0.5, 0.6) is 0 Å². The van der Waals surface area contributed by atoms with Crippen LogP contribution >= 0.6 is 0 Å². The van der Waals surface area contributed by atoms with E-state index in [0.29, 0.717) is 17.1 Å². The van der Waals surface area contributed by atoms with E-state index in [4.69, 9.17) is 0 Å². The SMILES string of the molecule is Cc1ccc([N+](=O)[O-])cc1NC(=O)[C@H](C)n1nnc(-c2ccccc2)n1. The molecule has 9 nitrogen and oxygen atoms in total. The Balaban J connectivity index is 1.78. The molecule has 0 aliphatic rings. The lowest BCUT2D eigenvalue weighted by Crippen LogP contribution is -2.25. The molecular weight excluding hydrogens is 336 g/mol. The predicted octanol–water partition coefficient (Wildman–Crippen LogP) is 2.76. The lowest BCUT2D eigenvalue weighted by atomic mass is 10.1. The first-order valence-corrected chi connectivity index (χ1v) is 7.86. The first-order valence-electron chi connectivity index (χ1n) is 7.86. The van der Waals surface area contributed by atoms with Gasteiger partial charge in [-0.25, -0.2) is 0 Å². The lowest BCUT2D eigenvalue weighted by molar-refractivity contribution is -0.384. The van der Waals surface area contributed by atoms with Crippen molar-refractivity contribution in [2.45, 2.75) is 19.9 Å². The number of carbonyl (C=O) groups excluding carboxylic acids is 1. The first kappa shape index (κ1) is 17.2. The molecule has 0 saturated carbocycles. The largest absolute Gasteiger partial charge is 0.324 e. The van der Waals surface area contributed by atoms with Crippen molar-refractivity contribution >= 4 is 17.3 Å². The third-order valence-electron chi connectivity index (χ3n) is 3.88. The van der Waals surface area contributed by atoms with Gasteiger partial charge >= 0.3 is 0 Å². The van der Waals surface area contributed by atoms with Crippen molar-refractivity contribution in [3.05, 3.63) is 64.2 Å². The molecule has 0 aliphatic carbocycles. The molecule has 0 spiro atoms. The maximum atomic E-state index is 12.5. The Kier molecular flexibility index (Phi) is 4.70. The highest BCUT2D eigenvalue weighted by atomic mass is 16.6. The number of amides is 1. The van der Waals surface area contributed by atoms with Gasteiger partial charge in [0, 0.05) is 17.7 Å². The van der Waals surface area contributed by atoms with E-state index >= 15 is 0 Å². The van der Waals surface area contributed by atoms with Crippen molar-refractivity contribution in [1.82, 2.24) is 20.2 Å². The van der Waals surface area contributed by atoms with Crippen LogP contribution in [0.1, 0.15) is 18.5 Å². The van der Waals surface area contributed by atoms with Gasteiger partial charge in [-0.1, -0.05) is 36.4 Å². The number of rotatable bonds is 5. The van der Waals surface area contributed by atoms with E-state index in [1.54, 1.807) is 19.9 Å². The quantitative estimate of drug-likeness (QED) is 0.557. The second-order valence-electron chi connectivity index (χ2n) is 5.72. The van der Waals surface area contributed by atoms with Crippen LogP contribution in [0.25, 0.3) is 11.4 Å². The number of tetrazole rings is 1. The molecule has 3 rings (SSSR count). The Morgan fingerprint density at radius 1 is 1.23 bits per heavy atom. The van der Waals surface area contributed by atoms with E-state index in [-0.39, 0.29) is 5.69 Å². The third kappa shape index (κ3) is 3.56. The van der Waals surface area contributed by atoms with Gasteiger partial charge in [-0.15, -0.1) is 10.2 Å². The Labute approximate surface area is 148 Å². The minimum Gasteiger partial charge on any atom is -0.324 e. The monoisotopic (exact) mass is 352 g/mol. The standard InChI is InChI=1S/C17H16N6O3/c1-11-8-9-14(23(25)26)10-15(11)18-17(24)12(2)22-20-16(19-21-22)13-6-4-3-5-7-13/h3-10,12H,1-2H3,(H,18,24)/t12-/m0/s1. The normalized spacial score (nSPS) is 11.8. The number of anilines is 1. The van der Waals surface area contributed by atoms with Gasteiger partial charge in [-0.3, -0.25) is 14.9 Å². The zero-order valence-electron chi connectivity index (χ0n) is 14.2. The maximum Gasteiger partial charge on any atom is 0.271 e. The highest BCUT2D eigenvalue weighted by molar-refractivity contribution is 5.94. The average molecular weight is 352 g/mol. The minimum absolute atomic E-state index is 0.0937. The molecule has 132 valence electrons. The Hall–Kier alpha value is -3.62. The van der Waals surface area contributed by atoms with Gasteiger partial charge in [-0.05, 0) is 24.6 Å². The Morgan fingerprint density at radius 2 is 1.96 bits per heavy atom. The molecule has 26 heavy (non-hydrogen) atoms. The summed E-state index contributed by atoms with van der Waals surface area (Å²) >= 11 is 0. The highest BCUT2D eigenvalue weighted by Gasteiger charge is 2.20. The summed E-state index contributed by atoms with van der Waals surface area (Å²) in [4.78, 5) is 24.1. The van der Waals surface area contributed by atoms with Crippen LogP contribution in [0.4, 0.5) is 11.4 Å². The molecule has 0 bridgehead atoms. The summed E-state index contributed by atoms with van der Waals surface area (Å²) in [6.45, 7) is 3.38. The summed E-state index contributed by atoms with van der Waals surface area (Å²) < 4.78 is 0. The van der Waals surface area contributed by atoms with E-state index in [0.717, 1.165) is 5.56 Å². The van der Waals surface area contributed by atoms with E-state index in [9.17, 15) is 14.9 Å². The topological polar surface area (TPSA) is 116 Å². The Bertz CT molecular complexity index is 954. The van der Waals surface area contributed by atoms with Crippen molar-refractivity contribution in [3.8, 4) is 11.4 Å². The molecule has 1 aromatic heterocycles. The van der Waals surface area contributed by atoms with Crippen molar-refractivity contribution < 1.29 is 9.72 Å². The van der Waals surface area contributed by atoms with Gasteiger partial charge in [0.1, 0.15) is 6.04 Å². The molecule has 1 amide bonds. The van der Waals surface area contributed by atoms with Gasteiger partial charge in [0.05, 0.1) is 10.6 Å². The number of nitro groups is 1. The molecule has 0 fully saturated rings. The van der Waals surface area contributed by atoms with Crippen LogP contribution in [-0.2, 0) is 4.79 Å². The van der Waals surface area contributed by atoms with Crippen LogP contribution in [0.2, 0.25) is 0 Å². The molecule has 1 atom stereocenters. The molecule has 1 heterocycles. The third-order valence-corrected chi connectivity index (χ3v) is 3.88. The number of nitrogens with one attached hydrogen (secondary N) is 1. The van der Waals surface area contributed by atoms with E-state index < -0.39 is 16.9 Å². The predicted molar refractivity (Wildman–Crippen MR) is 94.4 cm³/mol. The van der Waals surface area contributed by atoms with Crippen molar-refractivity contribution in [2.75, 3.05) is 5.32 Å². The fourth-order valence-electron chi connectivity index (χ4n) is 2.29. The van der Waals surface area contributed by atoms with E-state index in [1.165, 1.54) is 16.9 Å². The number of benzene rings is 2. The molecule has 3 aromatic rings. The highest BCUT2D eigenvalue weighted by Crippen LogP contribution is 2.23. The smallest absolute Gasteiger partial charge is 0.271 e. The number of hydrogen-bond acceptors (Lipinski definition) is 6. The van der Waals surface area contributed by atoms with Crippen LogP contribution in [0.3, 0.4) is 0 Å². The molecule has 0 saturated heterocycles. The molecule has 0 radical (unpaired) electrons. The molecule has 0 aliphatic heterocycles.